The van der Waals surface area contributed by atoms with E-state index in [-0.39, 0.29) is 0 Å². The predicted molar refractivity (Wildman–Crippen MR) is 245 cm³/mol. The molecule has 0 aliphatic carbocycles. The van der Waals surface area contributed by atoms with Gasteiger partial charge in [0.1, 0.15) is 0 Å². The summed E-state index contributed by atoms with van der Waals surface area (Å²) < 4.78 is 0. The first kappa shape index (κ1) is 37.7. The highest BCUT2D eigenvalue weighted by Gasteiger charge is 2.17. The van der Waals surface area contributed by atoms with E-state index in [9.17, 15) is 0 Å². The zero-order chi connectivity index (χ0) is 38.7. The Balaban J connectivity index is 0.000000316. The van der Waals surface area contributed by atoms with E-state index in [1.807, 2.05) is 13.0 Å². The van der Waals surface area contributed by atoms with Crippen molar-refractivity contribution < 1.29 is 0 Å². The maximum atomic E-state index is 4.63. The minimum absolute atomic E-state index is 0.764. The summed E-state index contributed by atoms with van der Waals surface area (Å²) in [6, 6.07) is 63.0. The van der Waals surface area contributed by atoms with Gasteiger partial charge in [0, 0.05) is 11.8 Å². The van der Waals surface area contributed by atoms with Crippen LogP contribution >= 0.6 is 0 Å². The monoisotopic (exact) mass is 723 g/mol. The molecule has 0 aromatic heterocycles. The summed E-state index contributed by atoms with van der Waals surface area (Å²) in [5.74, 6) is 0. The lowest BCUT2D eigenvalue weighted by atomic mass is 9.86. The van der Waals surface area contributed by atoms with Gasteiger partial charge in [0.2, 0.25) is 0 Å². The molecule has 0 unspecified atom stereocenters. The van der Waals surface area contributed by atoms with E-state index in [1.54, 1.807) is 0 Å². The molecule has 0 spiro atoms. The van der Waals surface area contributed by atoms with Crippen LogP contribution in [0.25, 0.3) is 60.5 Å². The van der Waals surface area contributed by atoms with Gasteiger partial charge >= 0.3 is 0 Å². The summed E-state index contributed by atoms with van der Waals surface area (Å²) in [5.41, 5.74) is 14.9. The van der Waals surface area contributed by atoms with Gasteiger partial charge in [-0.15, -0.1) is 0 Å². The third-order valence-corrected chi connectivity index (χ3v) is 10.5. The molecule has 0 bridgehead atoms. The molecule has 56 heavy (non-hydrogen) atoms. The van der Waals surface area contributed by atoms with E-state index < -0.39 is 0 Å². The van der Waals surface area contributed by atoms with Gasteiger partial charge in [0.25, 0.3) is 0 Å². The number of hydrogen-bond acceptors (Lipinski definition) is 1. The third-order valence-electron chi connectivity index (χ3n) is 10.5. The molecular weight excluding hydrogens is 675 g/mol. The molecule has 8 rings (SSSR count). The van der Waals surface area contributed by atoms with E-state index in [4.69, 9.17) is 0 Å². The lowest BCUT2D eigenvalue weighted by Crippen LogP contribution is -1.98. The Morgan fingerprint density at radius 1 is 0.518 bits per heavy atom. The average Bonchev–Trinajstić information content (AvgIpc) is 3.27. The second-order valence-electron chi connectivity index (χ2n) is 14.0. The highest BCUT2D eigenvalue weighted by molar-refractivity contribution is 6.14. The highest BCUT2D eigenvalue weighted by atomic mass is 14.7. The molecule has 0 amide bonds. The maximum Gasteiger partial charge on any atom is 0.0742 e. The standard InChI is InChI=1S/C42H33N.C13H16/c1-3-29-13-7-8-16-35(29)40-27-33(32-23-21-31(22-24-32)30-14-5-4-6-15-30)25-26-34(40)28-41-38-19-10-9-17-36(38)37-18-11-12-20-39(37)42(41)43-2;1-3-8-12(9-4-2)13-10-6-5-7-11-13/h4-27H,2-3,28H2,1H3;3,5-11H,4H2,1-2H3/b;8-3-,12-9+. The Morgan fingerprint density at radius 3 is 1.70 bits per heavy atom. The number of rotatable bonds is 10. The number of benzene rings is 8. The van der Waals surface area contributed by atoms with Crippen LogP contribution in [0.5, 0.6) is 0 Å². The van der Waals surface area contributed by atoms with Crippen LogP contribution in [0.2, 0.25) is 0 Å². The Kier molecular flexibility index (Phi) is 12.2. The molecule has 8 aromatic carbocycles. The maximum absolute atomic E-state index is 4.63. The molecule has 0 fully saturated rings. The van der Waals surface area contributed by atoms with E-state index >= 15 is 0 Å². The summed E-state index contributed by atoms with van der Waals surface area (Å²) in [6.45, 7) is 10.5. The van der Waals surface area contributed by atoms with Crippen LogP contribution in [0.15, 0.2) is 199 Å². The number of aryl methyl sites for hydroxylation is 1. The van der Waals surface area contributed by atoms with Crippen molar-refractivity contribution in [3.05, 3.63) is 216 Å². The SMILES string of the molecule is C/C=C\C(=C/CC)c1ccccc1.C=Nc1c(Cc2ccc(-c3ccc(-c4ccccc4)cc3)cc2-c2ccccc2CC)c2ccccc2c2ccccc12. The Labute approximate surface area is 333 Å². The molecule has 274 valence electrons. The third kappa shape index (κ3) is 8.23. The molecule has 0 heterocycles. The molecule has 0 saturated carbocycles. The second kappa shape index (κ2) is 18.2. The van der Waals surface area contributed by atoms with Gasteiger partial charge in [-0.3, -0.25) is 4.99 Å². The molecule has 0 aliphatic rings. The first-order chi connectivity index (χ1) is 27.6. The normalized spacial score (nSPS) is 11.4. The van der Waals surface area contributed by atoms with Crippen molar-refractivity contribution in [2.45, 2.75) is 40.0 Å². The van der Waals surface area contributed by atoms with E-state index in [2.05, 4.69) is 214 Å². The minimum atomic E-state index is 0.764. The van der Waals surface area contributed by atoms with Crippen molar-refractivity contribution in [1.29, 1.82) is 0 Å². The Hall–Kier alpha value is -6.57. The summed E-state index contributed by atoms with van der Waals surface area (Å²) >= 11 is 0. The molecule has 0 N–H and O–H groups in total. The molecule has 0 aliphatic heterocycles. The van der Waals surface area contributed by atoms with Crippen LogP contribution in [0.4, 0.5) is 5.69 Å². The fourth-order valence-electron chi connectivity index (χ4n) is 7.80. The van der Waals surface area contributed by atoms with Gasteiger partial charge in [0.05, 0.1) is 5.69 Å². The number of aliphatic imine (C=N–C) groups is 1. The number of hydrogen-bond donors (Lipinski definition) is 0. The van der Waals surface area contributed by atoms with Crippen molar-refractivity contribution in [2.75, 3.05) is 0 Å². The van der Waals surface area contributed by atoms with Crippen LogP contribution in [0.1, 0.15) is 49.4 Å². The van der Waals surface area contributed by atoms with Crippen LogP contribution in [0.3, 0.4) is 0 Å². The van der Waals surface area contributed by atoms with Crippen molar-refractivity contribution in [1.82, 2.24) is 0 Å². The van der Waals surface area contributed by atoms with Crippen molar-refractivity contribution >= 4 is 39.5 Å². The summed E-state index contributed by atoms with van der Waals surface area (Å²) in [6.07, 6.45) is 9.29. The second-order valence-corrected chi connectivity index (χ2v) is 14.0. The molecule has 0 saturated heterocycles. The van der Waals surface area contributed by atoms with Crippen LogP contribution in [-0.4, -0.2) is 6.72 Å². The topological polar surface area (TPSA) is 12.4 Å². The van der Waals surface area contributed by atoms with Crippen LogP contribution < -0.4 is 0 Å². The average molecular weight is 724 g/mol. The van der Waals surface area contributed by atoms with Crippen molar-refractivity contribution in [3.8, 4) is 33.4 Å². The van der Waals surface area contributed by atoms with E-state index in [0.717, 1.165) is 30.3 Å². The zero-order valence-electron chi connectivity index (χ0n) is 32.8. The Morgan fingerprint density at radius 2 is 1.05 bits per heavy atom. The van der Waals surface area contributed by atoms with Crippen molar-refractivity contribution in [3.63, 3.8) is 0 Å². The van der Waals surface area contributed by atoms with Gasteiger partial charge in [-0.2, -0.15) is 0 Å². The predicted octanol–water partition coefficient (Wildman–Crippen LogP) is 15.5. The minimum Gasteiger partial charge on any atom is -0.264 e. The van der Waals surface area contributed by atoms with E-state index in [1.165, 1.54) is 77.4 Å². The number of nitrogens with zero attached hydrogens (tertiary/aromatic N) is 1. The van der Waals surface area contributed by atoms with Gasteiger partial charge in [-0.1, -0.05) is 202 Å². The molecular formula is C55H49N. The highest BCUT2D eigenvalue weighted by Crippen LogP contribution is 2.41. The molecule has 1 nitrogen and oxygen atoms in total. The number of fused-ring (bicyclic) bond motifs is 3. The first-order valence-corrected chi connectivity index (χ1v) is 19.8. The molecule has 0 atom stereocenters. The van der Waals surface area contributed by atoms with Gasteiger partial charge in [-0.05, 0) is 110 Å². The van der Waals surface area contributed by atoms with Crippen molar-refractivity contribution in [2.24, 2.45) is 4.99 Å². The summed E-state index contributed by atoms with van der Waals surface area (Å²) in [4.78, 5) is 4.63. The molecule has 0 radical (unpaired) electrons. The zero-order valence-corrected chi connectivity index (χ0v) is 32.8. The number of allylic oxidation sites excluding steroid dienone is 4. The lowest BCUT2D eigenvalue weighted by Gasteiger charge is -2.19. The molecule has 1 heteroatoms. The smallest absolute Gasteiger partial charge is 0.0742 e. The van der Waals surface area contributed by atoms with Gasteiger partial charge in [0.15, 0.2) is 0 Å². The van der Waals surface area contributed by atoms with Crippen LogP contribution in [0, 0.1) is 0 Å². The fourth-order valence-corrected chi connectivity index (χ4v) is 7.80. The lowest BCUT2D eigenvalue weighted by molar-refractivity contribution is 1.14. The largest absolute Gasteiger partial charge is 0.264 e. The fraction of sp³-hybridized carbons (Fsp3) is 0.109. The first-order valence-electron chi connectivity index (χ1n) is 19.8. The van der Waals surface area contributed by atoms with Crippen LogP contribution in [-0.2, 0) is 12.8 Å². The van der Waals surface area contributed by atoms with E-state index in [0.29, 0.717) is 0 Å². The summed E-state index contributed by atoms with van der Waals surface area (Å²) in [7, 11) is 0. The summed E-state index contributed by atoms with van der Waals surface area (Å²) in [5, 5.41) is 4.86. The Bertz CT molecular complexity index is 2630. The quantitative estimate of drug-likeness (QED) is 0.0757. The van der Waals surface area contributed by atoms with Gasteiger partial charge in [-0.25, -0.2) is 0 Å². The van der Waals surface area contributed by atoms with Gasteiger partial charge < -0.3 is 0 Å². The molecule has 8 aromatic rings.